The number of aromatic nitrogens is 4. The van der Waals surface area contributed by atoms with E-state index < -0.39 is 46.2 Å². The molecule has 4 aromatic carbocycles. The summed E-state index contributed by atoms with van der Waals surface area (Å²) in [7, 11) is 0. The molecule has 8 rings (SSSR count). The Balaban J connectivity index is 0.000000222. The molecule has 0 fully saturated rings. The van der Waals surface area contributed by atoms with Gasteiger partial charge in [0.25, 0.3) is 0 Å². The summed E-state index contributed by atoms with van der Waals surface area (Å²) in [5.74, 6) is -1.68. The molecule has 18 heteroatoms. The second kappa shape index (κ2) is 23.3. The zero-order valence-corrected chi connectivity index (χ0v) is 40.4. The third-order valence-corrected chi connectivity index (χ3v) is 12.5. The second-order valence-corrected chi connectivity index (χ2v) is 17.8. The molecule has 0 saturated carbocycles. The summed E-state index contributed by atoms with van der Waals surface area (Å²) in [5.41, 5.74) is -1.40. The van der Waals surface area contributed by atoms with E-state index in [1.165, 1.54) is 36.2 Å². The van der Waals surface area contributed by atoms with Crippen LogP contribution in [0.4, 0.5) is 35.1 Å². The van der Waals surface area contributed by atoms with E-state index in [0.717, 1.165) is 51.0 Å². The van der Waals surface area contributed by atoms with Crippen LogP contribution in [0.25, 0.3) is 0 Å². The summed E-state index contributed by atoms with van der Waals surface area (Å²) in [6.45, 7) is 8.12. The first-order valence-electron chi connectivity index (χ1n) is 21.7. The molecule has 0 aliphatic rings. The van der Waals surface area contributed by atoms with Crippen LogP contribution in [-0.4, -0.2) is 19.9 Å². The molecule has 4 aromatic heterocycles. The summed E-state index contributed by atoms with van der Waals surface area (Å²) in [6.07, 6.45) is -3.37. The Bertz CT molecular complexity index is 2910. The molecule has 0 radical (unpaired) electrons. The Morgan fingerprint density at radius 2 is 1.01 bits per heavy atom. The van der Waals surface area contributed by atoms with Crippen LogP contribution < -0.4 is 10.6 Å². The number of nitrogens with zero attached hydrogens (tertiary/aromatic N) is 4. The van der Waals surface area contributed by atoms with Crippen molar-refractivity contribution in [3.05, 3.63) is 234 Å². The highest BCUT2D eigenvalue weighted by Gasteiger charge is 2.41. The Morgan fingerprint density at radius 1 is 0.571 bits per heavy atom. The fraction of sp³-hybridized carbons (Fsp3) is 0.231. The van der Waals surface area contributed by atoms with Crippen LogP contribution in [0.1, 0.15) is 80.1 Å². The summed E-state index contributed by atoms with van der Waals surface area (Å²) >= 11 is 13.6. The first kappa shape index (κ1) is 53.3. The lowest BCUT2D eigenvalue weighted by atomic mass is 9.79. The fourth-order valence-electron chi connectivity index (χ4n) is 7.79. The summed E-state index contributed by atoms with van der Waals surface area (Å²) < 4.78 is 116. The predicted octanol–water partition coefficient (Wildman–Crippen LogP) is 14.4. The minimum absolute atomic E-state index is 0.0556. The zero-order chi connectivity index (χ0) is 50.7. The normalized spacial score (nSPS) is 13.3. The van der Waals surface area contributed by atoms with Crippen molar-refractivity contribution in [2.45, 2.75) is 77.1 Å². The van der Waals surface area contributed by atoms with Gasteiger partial charge in [0.05, 0.1) is 67.1 Å². The van der Waals surface area contributed by atoms with Crippen molar-refractivity contribution in [2.24, 2.45) is 0 Å². The van der Waals surface area contributed by atoms with Crippen LogP contribution in [-0.2, 0) is 49.4 Å². The number of benzene rings is 4. The maximum atomic E-state index is 14.7. The van der Waals surface area contributed by atoms with E-state index in [-0.39, 0.29) is 30.5 Å². The third-order valence-electron chi connectivity index (χ3n) is 11.0. The Morgan fingerprint density at radius 3 is 1.39 bits per heavy atom. The lowest BCUT2D eigenvalue weighted by Gasteiger charge is -2.36. The largest absolute Gasteiger partial charge is 0.448 e. The molecule has 0 aliphatic heterocycles. The Labute approximate surface area is 414 Å². The summed E-state index contributed by atoms with van der Waals surface area (Å²) in [4.78, 5) is 18.3. The molecular weight excluding hydrogens is 980 g/mol. The van der Waals surface area contributed by atoms with Crippen molar-refractivity contribution in [1.82, 2.24) is 30.6 Å². The molecule has 0 spiro atoms. The van der Waals surface area contributed by atoms with Gasteiger partial charge in [0.1, 0.15) is 17.9 Å². The SMILES string of the molecule is CC.Cc1nc(C)c(CNC(Cc2ccccc2)(c2cc(F)cc(C(F)(F)F)c2)c2ccc(Cl)cn2)s1.Fc1cc(C(F)(F)F)cc(C(Cc2ccccc2)(NCc2ncco2)c2ccc(Cl)cn2)c1. The van der Waals surface area contributed by atoms with Crippen molar-refractivity contribution in [1.29, 1.82) is 0 Å². The zero-order valence-electron chi connectivity index (χ0n) is 38.1. The van der Waals surface area contributed by atoms with Gasteiger partial charge in [-0.2, -0.15) is 26.3 Å². The molecule has 0 amide bonds. The molecule has 70 heavy (non-hydrogen) atoms. The minimum Gasteiger partial charge on any atom is -0.448 e. The van der Waals surface area contributed by atoms with Crippen molar-refractivity contribution in [3.8, 4) is 0 Å². The number of oxazole rings is 1. The van der Waals surface area contributed by atoms with E-state index in [1.54, 1.807) is 24.3 Å². The number of halogens is 10. The molecule has 4 heterocycles. The van der Waals surface area contributed by atoms with Crippen molar-refractivity contribution in [3.63, 3.8) is 0 Å². The van der Waals surface area contributed by atoms with Gasteiger partial charge in [-0.25, -0.2) is 18.7 Å². The van der Waals surface area contributed by atoms with Gasteiger partial charge in [0, 0.05) is 36.7 Å². The van der Waals surface area contributed by atoms with E-state index >= 15 is 0 Å². The number of hydrogen-bond donors (Lipinski definition) is 2. The van der Waals surface area contributed by atoms with Crippen LogP contribution in [0.5, 0.6) is 0 Å². The number of hydrogen-bond acceptors (Lipinski definition) is 8. The summed E-state index contributed by atoms with van der Waals surface area (Å²) in [6, 6.07) is 30.0. The molecule has 0 aliphatic carbocycles. The van der Waals surface area contributed by atoms with Crippen molar-refractivity contribution >= 4 is 34.5 Å². The Kier molecular flexibility index (Phi) is 17.7. The number of pyridine rings is 2. The van der Waals surface area contributed by atoms with E-state index in [0.29, 0.717) is 46.0 Å². The van der Waals surface area contributed by atoms with Crippen molar-refractivity contribution in [2.75, 3.05) is 0 Å². The topological polar surface area (TPSA) is 88.8 Å². The molecule has 8 aromatic rings. The molecule has 0 saturated heterocycles. The third kappa shape index (κ3) is 13.4. The minimum atomic E-state index is -4.73. The number of thiazole rings is 1. The van der Waals surface area contributed by atoms with Gasteiger partial charge in [-0.15, -0.1) is 11.3 Å². The van der Waals surface area contributed by atoms with Gasteiger partial charge in [-0.1, -0.05) is 97.7 Å². The highest BCUT2D eigenvalue weighted by Crippen LogP contribution is 2.40. The lowest BCUT2D eigenvalue weighted by Crippen LogP contribution is -2.46. The standard InChI is InChI=1S/C26H22ClF4N3S.C24H18ClF4N3O.C2H6/c1-16-23(35-17(2)34-16)15-33-25(13-18-6-4-3-5-7-18,24-9-8-21(27)14-32-24)19-10-20(26(29,30)31)12-22(28)11-19;25-19-6-7-21(31-14-19)23(13-16-4-2-1-3-5-16,32-15-22-30-8-9-33-22)17-10-18(24(27,28)29)12-20(26)11-17;1-2/h3-12,14,33H,13,15H2,1-2H3;1-12,14,32H,13,15H2;1-2H3. The average molecular weight is 1030 g/mol. The molecule has 7 nitrogen and oxygen atoms in total. The highest BCUT2D eigenvalue weighted by molar-refractivity contribution is 7.11. The van der Waals surface area contributed by atoms with Crippen LogP contribution in [0.15, 0.2) is 151 Å². The quantitative estimate of drug-likeness (QED) is 0.105. The Hall–Kier alpha value is -6.04. The fourth-order valence-corrected chi connectivity index (χ4v) is 8.89. The second-order valence-electron chi connectivity index (χ2n) is 15.7. The van der Waals surface area contributed by atoms with Gasteiger partial charge >= 0.3 is 12.4 Å². The maximum Gasteiger partial charge on any atom is 0.416 e. The number of alkyl halides is 6. The maximum absolute atomic E-state index is 14.7. The van der Waals surface area contributed by atoms with E-state index in [2.05, 4.69) is 30.6 Å². The predicted molar refractivity (Wildman–Crippen MR) is 256 cm³/mol. The molecule has 2 N–H and O–H groups in total. The van der Waals surface area contributed by atoms with Gasteiger partial charge < -0.3 is 4.42 Å². The molecule has 2 atom stereocenters. The van der Waals surface area contributed by atoms with Crippen LogP contribution in [0, 0.1) is 25.5 Å². The first-order chi connectivity index (χ1) is 33.3. The van der Waals surface area contributed by atoms with Crippen LogP contribution >= 0.6 is 34.5 Å². The highest BCUT2D eigenvalue weighted by atomic mass is 35.5. The van der Waals surface area contributed by atoms with Crippen molar-refractivity contribution < 1.29 is 39.5 Å². The average Bonchev–Trinajstić information content (AvgIpc) is 3.98. The van der Waals surface area contributed by atoms with Crippen LogP contribution in [0.3, 0.4) is 0 Å². The van der Waals surface area contributed by atoms with Gasteiger partial charge in [-0.05, 0) is 96.8 Å². The molecule has 0 bridgehead atoms. The first-order valence-corrected chi connectivity index (χ1v) is 23.3. The number of aryl methyl sites for hydroxylation is 2. The lowest BCUT2D eigenvalue weighted by molar-refractivity contribution is -0.138. The summed E-state index contributed by atoms with van der Waals surface area (Å²) in [5, 5.41) is 8.30. The van der Waals surface area contributed by atoms with E-state index in [9.17, 15) is 35.1 Å². The van der Waals surface area contributed by atoms with E-state index in [1.807, 2.05) is 88.4 Å². The van der Waals surface area contributed by atoms with E-state index in [4.69, 9.17) is 27.6 Å². The molecule has 366 valence electrons. The monoisotopic (exact) mass is 1020 g/mol. The van der Waals surface area contributed by atoms with Gasteiger partial charge in [0.2, 0.25) is 5.89 Å². The molecular formula is C52H46Cl2F8N6OS. The van der Waals surface area contributed by atoms with Gasteiger partial charge in [0.15, 0.2) is 0 Å². The van der Waals surface area contributed by atoms with Gasteiger partial charge in [-0.3, -0.25) is 20.6 Å². The van der Waals surface area contributed by atoms with Crippen LogP contribution in [0.2, 0.25) is 10.0 Å². The number of rotatable bonds is 14. The molecule has 2 unspecified atom stereocenters. The smallest absolute Gasteiger partial charge is 0.416 e. The number of nitrogens with one attached hydrogen (secondary N) is 2.